The molecule has 3 aromatic rings. The first-order valence-electron chi connectivity index (χ1n) is 9.39. The number of anilines is 2. The Balaban J connectivity index is 1.60. The third kappa shape index (κ3) is 3.69. The fraction of sp³-hybridized carbons (Fsp3) is 0.364. The minimum absolute atomic E-state index is 0.117. The molecule has 0 aliphatic heterocycles. The number of thiophene rings is 1. The highest BCUT2D eigenvalue weighted by atomic mass is 32.1. The van der Waals surface area contributed by atoms with Gasteiger partial charge in [0.15, 0.2) is 0 Å². The summed E-state index contributed by atoms with van der Waals surface area (Å²) >= 11 is 1.45. The molecule has 3 N–H and O–H groups in total. The number of pyridine rings is 1. The Morgan fingerprint density at radius 1 is 1.26 bits per heavy atom. The van der Waals surface area contributed by atoms with E-state index >= 15 is 0 Å². The van der Waals surface area contributed by atoms with E-state index in [0.29, 0.717) is 27.6 Å². The van der Waals surface area contributed by atoms with Gasteiger partial charge in [0.2, 0.25) is 0 Å². The molecule has 1 aromatic carbocycles. The van der Waals surface area contributed by atoms with Crippen LogP contribution in [-0.2, 0) is 12.8 Å². The minimum Gasteiger partial charge on any atom is -0.399 e. The van der Waals surface area contributed by atoms with E-state index < -0.39 is 0 Å². The molecule has 1 atom stereocenters. The number of nitrogens with two attached hydrogens (primary N) is 1. The number of carbonyl (C=O) groups is 1. The molecule has 27 heavy (non-hydrogen) atoms. The summed E-state index contributed by atoms with van der Waals surface area (Å²) in [7, 11) is 0. The number of rotatable bonds is 2. The van der Waals surface area contributed by atoms with E-state index in [2.05, 4.69) is 32.2 Å². The predicted octanol–water partition coefficient (Wildman–Crippen LogP) is 5.28. The molecule has 2 heterocycles. The molecule has 0 saturated carbocycles. The molecule has 0 saturated heterocycles. The molecule has 1 unspecified atom stereocenters. The van der Waals surface area contributed by atoms with E-state index in [1.165, 1.54) is 29.0 Å². The van der Waals surface area contributed by atoms with Crippen molar-refractivity contribution in [3.05, 3.63) is 52.5 Å². The second-order valence-electron chi connectivity index (χ2n) is 8.48. The number of fused-ring (bicyclic) bond motifs is 2. The third-order valence-corrected chi connectivity index (χ3v) is 6.51. The molecule has 4 nitrogen and oxygen atoms in total. The second-order valence-corrected chi connectivity index (χ2v) is 9.52. The Morgan fingerprint density at radius 2 is 2.07 bits per heavy atom. The maximum absolute atomic E-state index is 12.6. The molecular weight excluding hydrogens is 354 g/mol. The van der Waals surface area contributed by atoms with E-state index in [1.807, 2.05) is 18.2 Å². The predicted molar refractivity (Wildman–Crippen MR) is 113 cm³/mol. The Hall–Kier alpha value is -2.40. The molecule has 140 valence electrons. The highest BCUT2D eigenvalue weighted by Gasteiger charge is 2.29. The Kier molecular flexibility index (Phi) is 4.42. The van der Waals surface area contributed by atoms with Crippen LogP contribution >= 0.6 is 11.3 Å². The smallest absolute Gasteiger partial charge is 0.265 e. The maximum atomic E-state index is 12.6. The van der Waals surface area contributed by atoms with Gasteiger partial charge in [-0.25, -0.2) is 4.98 Å². The zero-order chi connectivity index (χ0) is 19.2. The van der Waals surface area contributed by atoms with E-state index in [-0.39, 0.29) is 5.91 Å². The second kappa shape index (κ2) is 6.64. The van der Waals surface area contributed by atoms with Crippen LogP contribution in [0.25, 0.3) is 10.2 Å². The van der Waals surface area contributed by atoms with Crippen LogP contribution in [0.1, 0.15) is 48.1 Å². The standard InChI is InChI=1S/C22H25N3OS/c1-22(2,3)15-7-8-18-13(10-15)9-14-11-19(27-21(14)25-18)20(26)24-17-6-4-5-16(23)12-17/h4-6,9,11-12,15H,7-8,10,23H2,1-3H3,(H,24,26). The monoisotopic (exact) mass is 379 g/mol. The Morgan fingerprint density at radius 3 is 2.81 bits per heavy atom. The number of amides is 1. The fourth-order valence-corrected chi connectivity index (χ4v) is 4.71. The molecule has 0 fully saturated rings. The number of nitrogens with one attached hydrogen (secondary N) is 1. The van der Waals surface area contributed by atoms with Crippen molar-refractivity contribution >= 4 is 38.8 Å². The number of aryl methyl sites for hydroxylation is 1. The summed E-state index contributed by atoms with van der Waals surface area (Å²) in [6.07, 6.45) is 3.28. The van der Waals surface area contributed by atoms with Gasteiger partial charge in [-0.1, -0.05) is 26.8 Å². The molecule has 4 rings (SSSR count). The Bertz CT molecular complexity index is 1020. The first kappa shape index (κ1) is 18.0. The summed E-state index contributed by atoms with van der Waals surface area (Å²) in [5.74, 6) is 0.559. The van der Waals surface area contributed by atoms with Gasteiger partial charge in [0, 0.05) is 22.5 Å². The fourth-order valence-electron chi connectivity index (χ4n) is 3.78. The lowest BCUT2D eigenvalue weighted by atomic mass is 9.71. The van der Waals surface area contributed by atoms with Gasteiger partial charge in [0.25, 0.3) is 5.91 Å². The number of aromatic nitrogens is 1. The van der Waals surface area contributed by atoms with Crippen molar-refractivity contribution < 1.29 is 4.79 Å². The molecule has 2 aromatic heterocycles. The topological polar surface area (TPSA) is 68.0 Å². The van der Waals surface area contributed by atoms with Crippen molar-refractivity contribution in [1.29, 1.82) is 0 Å². The van der Waals surface area contributed by atoms with E-state index in [0.717, 1.165) is 23.1 Å². The first-order chi connectivity index (χ1) is 12.8. The Labute approximate surface area is 163 Å². The van der Waals surface area contributed by atoms with Gasteiger partial charge in [-0.3, -0.25) is 4.79 Å². The van der Waals surface area contributed by atoms with Gasteiger partial charge < -0.3 is 11.1 Å². The molecule has 1 aliphatic rings. The average molecular weight is 380 g/mol. The van der Waals surface area contributed by atoms with Crippen LogP contribution in [-0.4, -0.2) is 10.9 Å². The highest BCUT2D eigenvalue weighted by Crippen LogP contribution is 2.38. The van der Waals surface area contributed by atoms with Crippen molar-refractivity contribution in [2.24, 2.45) is 11.3 Å². The van der Waals surface area contributed by atoms with Gasteiger partial charge in [-0.2, -0.15) is 0 Å². The summed E-state index contributed by atoms with van der Waals surface area (Å²) in [6.45, 7) is 6.95. The van der Waals surface area contributed by atoms with Crippen LogP contribution < -0.4 is 11.1 Å². The average Bonchev–Trinajstić information content (AvgIpc) is 3.01. The van der Waals surface area contributed by atoms with Crippen molar-refractivity contribution in [2.75, 3.05) is 11.1 Å². The van der Waals surface area contributed by atoms with Crippen molar-refractivity contribution in [2.45, 2.75) is 40.0 Å². The zero-order valence-electron chi connectivity index (χ0n) is 16.0. The van der Waals surface area contributed by atoms with E-state index in [9.17, 15) is 4.79 Å². The third-order valence-electron chi connectivity index (χ3n) is 5.47. The zero-order valence-corrected chi connectivity index (χ0v) is 16.8. The van der Waals surface area contributed by atoms with Crippen molar-refractivity contribution in [3.8, 4) is 0 Å². The lowest BCUT2D eigenvalue weighted by molar-refractivity contribution is 0.103. The van der Waals surface area contributed by atoms with Gasteiger partial charge in [0.1, 0.15) is 4.83 Å². The highest BCUT2D eigenvalue weighted by molar-refractivity contribution is 7.20. The normalized spacial score (nSPS) is 16.9. The maximum Gasteiger partial charge on any atom is 0.265 e. The summed E-state index contributed by atoms with van der Waals surface area (Å²) in [5.41, 5.74) is 9.98. The lowest BCUT2D eigenvalue weighted by Crippen LogP contribution is -2.27. The summed E-state index contributed by atoms with van der Waals surface area (Å²) in [5, 5.41) is 3.98. The molecular formula is C22H25N3OS. The molecule has 0 bridgehead atoms. The number of nitrogen functional groups attached to an aromatic ring is 1. The van der Waals surface area contributed by atoms with Gasteiger partial charge in [-0.15, -0.1) is 11.3 Å². The lowest BCUT2D eigenvalue weighted by Gasteiger charge is -2.34. The number of hydrogen-bond donors (Lipinski definition) is 2. The van der Waals surface area contributed by atoms with Crippen LogP contribution in [0, 0.1) is 11.3 Å². The quantitative estimate of drug-likeness (QED) is 0.595. The largest absolute Gasteiger partial charge is 0.399 e. The summed E-state index contributed by atoms with van der Waals surface area (Å²) < 4.78 is 0. The van der Waals surface area contributed by atoms with Crippen LogP contribution in [0.2, 0.25) is 0 Å². The van der Waals surface area contributed by atoms with Crippen LogP contribution in [0.5, 0.6) is 0 Å². The minimum atomic E-state index is -0.117. The molecule has 5 heteroatoms. The number of hydrogen-bond acceptors (Lipinski definition) is 4. The van der Waals surface area contributed by atoms with Gasteiger partial charge in [-0.05, 0) is 66.5 Å². The van der Waals surface area contributed by atoms with Crippen LogP contribution in [0.4, 0.5) is 11.4 Å². The van der Waals surface area contributed by atoms with Gasteiger partial charge in [0.05, 0.1) is 4.88 Å². The van der Waals surface area contributed by atoms with Gasteiger partial charge >= 0.3 is 0 Å². The van der Waals surface area contributed by atoms with Crippen molar-refractivity contribution in [1.82, 2.24) is 4.98 Å². The SMILES string of the molecule is CC(C)(C)C1CCc2nc3sc(C(=O)Nc4cccc(N)c4)cc3cc2C1. The van der Waals surface area contributed by atoms with Crippen LogP contribution in [0.3, 0.4) is 0 Å². The molecule has 0 radical (unpaired) electrons. The van der Waals surface area contributed by atoms with E-state index in [4.69, 9.17) is 10.7 Å². The molecule has 0 spiro atoms. The molecule has 1 aliphatic carbocycles. The van der Waals surface area contributed by atoms with Crippen LogP contribution in [0.15, 0.2) is 36.4 Å². The van der Waals surface area contributed by atoms with E-state index in [1.54, 1.807) is 12.1 Å². The number of nitrogens with zero attached hydrogens (tertiary/aromatic N) is 1. The summed E-state index contributed by atoms with van der Waals surface area (Å²) in [6, 6.07) is 11.4. The first-order valence-corrected chi connectivity index (χ1v) is 10.2. The summed E-state index contributed by atoms with van der Waals surface area (Å²) in [4.78, 5) is 19.1. The number of carbonyl (C=O) groups excluding carboxylic acids is 1. The van der Waals surface area contributed by atoms with Crippen molar-refractivity contribution in [3.63, 3.8) is 0 Å². The molecule has 1 amide bonds. The number of benzene rings is 1.